The number of furan rings is 1. The Hall–Kier alpha value is -2.61. The van der Waals surface area contributed by atoms with Gasteiger partial charge in [-0.1, -0.05) is 0 Å². The fourth-order valence-electron chi connectivity index (χ4n) is 3.19. The van der Waals surface area contributed by atoms with E-state index >= 15 is 0 Å². The molecule has 0 radical (unpaired) electrons. The van der Waals surface area contributed by atoms with Crippen LogP contribution < -0.4 is 5.73 Å². The van der Waals surface area contributed by atoms with Crippen LogP contribution in [0.4, 0.5) is 0 Å². The molecule has 8 heteroatoms. The highest BCUT2D eigenvalue weighted by molar-refractivity contribution is 5.91. The van der Waals surface area contributed by atoms with Crippen LogP contribution in [-0.4, -0.2) is 46.5 Å². The molecule has 134 valence electrons. The van der Waals surface area contributed by atoms with E-state index in [1.807, 2.05) is 0 Å². The molecule has 1 saturated heterocycles. The normalized spacial score (nSPS) is 15.5. The molecule has 0 bridgehead atoms. The number of ether oxygens (including phenoxy) is 1. The predicted molar refractivity (Wildman–Crippen MR) is 88.7 cm³/mol. The van der Waals surface area contributed by atoms with Crippen LogP contribution >= 0.6 is 0 Å². The molecule has 0 saturated carbocycles. The SMILES string of the molecule is COCc1ccc(C(=O)N2CCC(c3nccn3CC(N)=O)CC2)o1. The second kappa shape index (κ2) is 7.52. The lowest BCUT2D eigenvalue weighted by Gasteiger charge is -2.31. The first-order valence-corrected chi connectivity index (χ1v) is 8.24. The zero-order chi connectivity index (χ0) is 17.8. The second-order valence-corrected chi connectivity index (χ2v) is 6.15. The van der Waals surface area contributed by atoms with Crippen LogP contribution in [0.25, 0.3) is 0 Å². The first-order valence-electron chi connectivity index (χ1n) is 8.24. The van der Waals surface area contributed by atoms with Crippen molar-refractivity contribution in [2.45, 2.75) is 31.9 Å². The minimum atomic E-state index is -0.392. The summed E-state index contributed by atoms with van der Waals surface area (Å²) in [5, 5.41) is 0. The number of aromatic nitrogens is 2. The van der Waals surface area contributed by atoms with E-state index in [1.165, 1.54) is 0 Å². The second-order valence-electron chi connectivity index (χ2n) is 6.15. The number of imidazole rings is 1. The summed E-state index contributed by atoms with van der Waals surface area (Å²) in [6.45, 7) is 1.71. The molecule has 0 aromatic carbocycles. The Morgan fingerprint density at radius 3 is 2.80 bits per heavy atom. The fourth-order valence-corrected chi connectivity index (χ4v) is 3.19. The summed E-state index contributed by atoms with van der Waals surface area (Å²) in [7, 11) is 1.58. The number of carbonyl (C=O) groups is 2. The van der Waals surface area contributed by atoms with Crippen LogP contribution in [0.2, 0.25) is 0 Å². The summed E-state index contributed by atoms with van der Waals surface area (Å²) < 4.78 is 12.3. The third-order valence-electron chi connectivity index (χ3n) is 4.38. The molecule has 3 rings (SSSR count). The molecule has 8 nitrogen and oxygen atoms in total. The van der Waals surface area contributed by atoms with Crippen molar-refractivity contribution >= 4 is 11.8 Å². The molecule has 1 aliphatic heterocycles. The summed E-state index contributed by atoms with van der Waals surface area (Å²) in [6.07, 6.45) is 5.01. The van der Waals surface area contributed by atoms with Gasteiger partial charge in [-0.2, -0.15) is 0 Å². The largest absolute Gasteiger partial charge is 0.453 e. The number of carbonyl (C=O) groups excluding carboxylic acids is 2. The number of primary amides is 1. The van der Waals surface area contributed by atoms with E-state index in [9.17, 15) is 9.59 Å². The Bertz CT molecular complexity index is 743. The van der Waals surface area contributed by atoms with Crippen LogP contribution in [0, 0.1) is 0 Å². The minimum Gasteiger partial charge on any atom is -0.453 e. The number of nitrogens with zero attached hydrogens (tertiary/aromatic N) is 3. The maximum absolute atomic E-state index is 12.5. The van der Waals surface area contributed by atoms with Crippen LogP contribution in [0.1, 0.15) is 40.9 Å². The quantitative estimate of drug-likeness (QED) is 0.844. The van der Waals surface area contributed by atoms with Gasteiger partial charge in [0, 0.05) is 38.5 Å². The molecule has 25 heavy (non-hydrogen) atoms. The van der Waals surface area contributed by atoms with Crippen molar-refractivity contribution in [2.24, 2.45) is 5.73 Å². The Balaban J connectivity index is 1.60. The number of nitrogens with two attached hydrogens (primary N) is 1. The van der Waals surface area contributed by atoms with E-state index in [0.717, 1.165) is 18.7 Å². The Morgan fingerprint density at radius 1 is 1.36 bits per heavy atom. The van der Waals surface area contributed by atoms with Gasteiger partial charge in [-0.3, -0.25) is 9.59 Å². The zero-order valence-corrected chi connectivity index (χ0v) is 14.2. The van der Waals surface area contributed by atoms with Gasteiger partial charge in [0.1, 0.15) is 24.7 Å². The van der Waals surface area contributed by atoms with Gasteiger partial charge in [-0.25, -0.2) is 4.98 Å². The summed E-state index contributed by atoms with van der Waals surface area (Å²) in [5.41, 5.74) is 5.27. The lowest BCUT2D eigenvalue weighted by atomic mass is 9.95. The Morgan fingerprint density at radius 2 is 2.12 bits per heavy atom. The Kier molecular flexibility index (Phi) is 5.18. The molecule has 3 heterocycles. The van der Waals surface area contributed by atoms with Gasteiger partial charge in [0.25, 0.3) is 5.91 Å². The molecule has 2 aromatic heterocycles. The molecule has 2 aromatic rings. The molecule has 2 amide bonds. The van der Waals surface area contributed by atoms with E-state index in [-0.39, 0.29) is 18.4 Å². The van der Waals surface area contributed by atoms with Gasteiger partial charge in [0.15, 0.2) is 5.76 Å². The van der Waals surface area contributed by atoms with Crippen molar-refractivity contribution in [2.75, 3.05) is 20.2 Å². The van der Waals surface area contributed by atoms with E-state index in [2.05, 4.69) is 4.98 Å². The molecule has 1 aliphatic rings. The van der Waals surface area contributed by atoms with Crippen molar-refractivity contribution < 1.29 is 18.7 Å². The highest BCUT2D eigenvalue weighted by Gasteiger charge is 2.28. The number of rotatable bonds is 6. The van der Waals surface area contributed by atoms with Gasteiger partial charge in [-0.05, 0) is 25.0 Å². The third-order valence-corrected chi connectivity index (χ3v) is 4.38. The zero-order valence-electron chi connectivity index (χ0n) is 14.2. The summed E-state index contributed by atoms with van der Waals surface area (Å²) >= 11 is 0. The number of hydrogen-bond acceptors (Lipinski definition) is 5. The number of piperidine rings is 1. The number of hydrogen-bond donors (Lipinski definition) is 1. The van der Waals surface area contributed by atoms with E-state index in [0.29, 0.717) is 31.2 Å². The lowest BCUT2D eigenvalue weighted by molar-refractivity contribution is -0.118. The average molecular weight is 346 g/mol. The maximum atomic E-state index is 12.5. The summed E-state index contributed by atoms with van der Waals surface area (Å²) in [5.74, 6) is 1.53. The highest BCUT2D eigenvalue weighted by atomic mass is 16.5. The van der Waals surface area contributed by atoms with E-state index in [1.54, 1.807) is 41.1 Å². The molecule has 0 unspecified atom stereocenters. The summed E-state index contributed by atoms with van der Waals surface area (Å²) in [4.78, 5) is 29.8. The molecular formula is C17H22N4O4. The van der Waals surface area contributed by atoms with Crippen molar-refractivity contribution in [3.8, 4) is 0 Å². The first kappa shape index (κ1) is 17.2. The third kappa shape index (κ3) is 3.90. The highest BCUT2D eigenvalue weighted by Crippen LogP contribution is 2.28. The van der Waals surface area contributed by atoms with Crippen LogP contribution in [0.5, 0.6) is 0 Å². The molecule has 2 N–H and O–H groups in total. The number of methoxy groups -OCH3 is 1. The van der Waals surface area contributed by atoms with Crippen LogP contribution in [0.3, 0.4) is 0 Å². The monoisotopic (exact) mass is 346 g/mol. The van der Waals surface area contributed by atoms with Gasteiger partial charge in [-0.15, -0.1) is 0 Å². The molecule has 0 aliphatic carbocycles. The van der Waals surface area contributed by atoms with E-state index in [4.69, 9.17) is 14.9 Å². The molecular weight excluding hydrogens is 324 g/mol. The molecule has 1 fully saturated rings. The average Bonchev–Trinajstić information content (AvgIpc) is 3.24. The Labute approximate surface area is 145 Å². The smallest absolute Gasteiger partial charge is 0.289 e. The topological polar surface area (TPSA) is 104 Å². The van der Waals surface area contributed by atoms with Crippen molar-refractivity contribution in [3.63, 3.8) is 0 Å². The standard InChI is InChI=1S/C17H22N4O4/c1-24-11-13-2-3-14(25-13)17(23)20-7-4-12(5-8-20)16-19-6-9-21(16)10-15(18)22/h2-3,6,9,12H,4-5,7-8,10-11H2,1H3,(H2,18,22). The maximum Gasteiger partial charge on any atom is 0.289 e. The minimum absolute atomic E-state index is 0.110. The lowest BCUT2D eigenvalue weighted by Crippen LogP contribution is -2.38. The van der Waals surface area contributed by atoms with Crippen molar-refractivity contribution in [1.29, 1.82) is 0 Å². The number of amides is 2. The van der Waals surface area contributed by atoms with Gasteiger partial charge in [0.2, 0.25) is 5.91 Å². The van der Waals surface area contributed by atoms with Crippen molar-refractivity contribution in [3.05, 3.63) is 41.9 Å². The van der Waals surface area contributed by atoms with Crippen LogP contribution in [-0.2, 0) is 22.7 Å². The fraction of sp³-hybridized carbons (Fsp3) is 0.471. The van der Waals surface area contributed by atoms with Gasteiger partial charge >= 0.3 is 0 Å². The molecule has 0 spiro atoms. The predicted octanol–water partition coefficient (Wildman–Crippen LogP) is 1.13. The van der Waals surface area contributed by atoms with E-state index < -0.39 is 5.91 Å². The van der Waals surface area contributed by atoms with Crippen molar-refractivity contribution in [1.82, 2.24) is 14.5 Å². The summed E-state index contributed by atoms with van der Waals surface area (Å²) in [6, 6.07) is 3.44. The molecule has 0 atom stereocenters. The van der Waals surface area contributed by atoms with Gasteiger partial charge in [0.05, 0.1) is 0 Å². The van der Waals surface area contributed by atoms with Gasteiger partial charge < -0.3 is 24.4 Å². The number of likely N-dealkylation sites (tertiary alicyclic amines) is 1. The van der Waals surface area contributed by atoms with Crippen LogP contribution in [0.15, 0.2) is 28.9 Å². The first-order chi connectivity index (χ1) is 12.1.